The lowest BCUT2D eigenvalue weighted by Gasteiger charge is -2.27. The highest BCUT2D eigenvalue weighted by Gasteiger charge is 2.26. The molecule has 0 radical (unpaired) electrons. The van der Waals surface area contributed by atoms with Gasteiger partial charge in [-0.25, -0.2) is 0 Å². The Bertz CT molecular complexity index is 407. The smallest absolute Gasteiger partial charge is 0.0772 e. The number of aromatic nitrogens is 2. The van der Waals surface area contributed by atoms with E-state index in [0.717, 1.165) is 19.1 Å². The van der Waals surface area contributed by atoms with Crippen LogP contribution in [-0.2, 0) is 13.1 Å². The van der Waals surface area contributed by atoms with E-state index in [1.807, 2.05) is 12.4 Å². The van der Waals surface area contributed by atoms with E-state index in [9.17, 15) is 0 Å². The van der Waals surface area contributed by atoms with Crippen LogP contribution in [0.1, 0.15) is 102 Å². The van der Waals surface area contributed by atoms with Crippen molar-refractivity contribution < 1.29 is 0 Å². The highest BCUT2D eigenvalue weighted by molar-refractivity contribution is 5.15. The van der Waals surface area contributed by atoms with Crippen LogP contribution >= 0.6 is 0 Å². The minimum absolute atomic E-state index is 0.726. The molecule has 1 aliphatic heterocycles. The van der Waals surface area contributed by atoms with Gasteiger partial charge >= 0.3 is 0 Å². The van der Waals surface area contributed by atoms with Crippen molar-refractivity contribution >= 4 is 0 Å². The van der Waals surface area contributed by atoms with Crippen LogP contribution in [0.25, 0.3) is 0 Å². The van der Waals surface area contributed by atoms with Gasteiger partial charge in [-0.15, -0.1) is 0 Å². The van der Waals surface area contributed by atoms with Crippen LogP contribution in [0, 0.1) is 0 Å². The molecule has 2 rings (SSSR count). The summed E-state index contributed by atoms with van der Waals surface area (Å²) in [6, 6.07) is 0.726. The molecule has 0 spiro atoms. The fraction of sp³-hybridized carbons (Fsp3) is 0.810. The van der Waals surface area contributed by atoms with Crippen LogP contribution in [0.4, 0.5) is 0 Å². The number of hydrogen-bond donors (Lipinski definition) is 0. The molecule has 0 bridgehead atoms. The number of hydrogen-bond acceptors (Lipinski definition) is 3. The second kappa shape index (κ2) is 11.6. The molecule has 1 aromatic rings. The van der Waals surface area contributed by atoms with E-state index in [2.05, 4.69) is 28.7 Å². The second-order valence-corrected chi connectivity index (χ2v) is 7.41. The summed E-state index contributed by atoms with van der Waals surface area (Å²) < 4.78 is 0. The molecule has 0 aliphatic carbocycles. The van der Waals surface area contributed by atoms with Crippen molar-refractivity contribution in [1.29, 1.82) is 0 Å². The molecule has 0 atom stereocenters. The standard InChI is InChI=1S/C21H37N3/c1-3-5-7-9-11-13-19(14-12-10-8-6-4-2)24-17-20-21(18-24)23-16-15-22-20/h15-16,19H,3-14,17-18H2,1-2H3. The van der Waals surface area contributed by atoms with Crippen molar-refractivity contribution in [2.75, 3.05) is 0 Å². The zero-order chi connectivity index (χ0) is 17.0. The SMILES string of the molecule is CCCCCCCC(CCCCCCC)N1Cc2nccnc2C1. The molecule has 0 saturated carbocycles. The molecule has 0 amide bonds. The molecular weight excluding hydrogens is 294 g/mol. The largest absolute Gasteiger partial charge is 0.289 e. The summed E-state index contributed by atoms with van der Waals surface area (Å²) in [6.07, 6.45) is 20.2. The van der Waals surface area contributed by atoms with Crippen LogP contribution in [0.5, 0.6) is 0 Å². The predicted molar refractivity (Wildman–Crippen MR) is 102 cm³/mol. The zero-order valence-corrected chi connectivity index (χ0v) is 16.0. The number of fused-ring (bicyclic) bond motifs is 1. The lowest BCUT2D eigenvalue weighted by Crippen LogP contribution is -2.30. The van der Waals surface area contributed by atoms with Gasteiger partial charge in [0, 0.05) is 31.5 Å². The highest BCUT2D eigenvalue weighted by Crippen LogP contribution is 2.26. The van der Waals surface area contributed by atoms with Crippen molar-refractivity contribution in [3.05, 3.63) is 23.8 Å². The fourth-order valence-electron chi connectivity index (χ4n) is 3.84. The number of rotatable bonds is 13. The van der Waals surface area contributed by atoms with E-state index >= 15 is 0 Å². The summed E-state index contributed by atoms with van der Waals surface area (Å²) >= 11 is 0. The lowest BCUT2D eigenvalue weighted by atomic mass is 9.99. The zero-order valence-electron chi connectivity index (χ0n) is 16.0. The molecule has 3 nitrogen and oxygen atoms in total. The molecule has 1 aliphatic rings. The summed E-state index contributed by atoms with van der Waals surface area (Å²) in [5.41, 5.74) is 2.42. The van der Waals surface area contributed by atoms with Crippen molar-refractivity contribution in [2.24, 2.45) is 0 Å². The first-order valence-electron chi connectivity index (χ1n) is 10.4. The summed E-state index contributed by atoms with van der Waals surface area (Å²) in [5, 5.41) is 0. The topological polar surface area (TPSA) is 29.0 Å². The minimum Gasteiger partial charge on any atom is -0.289 e. The maximum Gasteiger partial charge on any atom is 0.0772 e. The highest BCUT2D eigenvalue weighted by atomic mass is 15.2. The van der Waals surface area contributed by atoms with Gasteiger partial charge in [0.15, 0.2) is 0 Å². The molecule has 0 aromatic carbocycles. The van der Waals surface area contributed by atoms with Gasteiger partial charge in [0.1, 0.15) is 0 Å². The fourth-order valence-corrected chi connectivity index (χ4v) is 3.84. The third kappa shape index (κ3) is 6.51. The van der Waals surface area contributed by atoms with E-state index in [1.165, 1.54) is 88.4 Å². The molecule has 2 heterocycles. The van der Waals surface area contributed by atoms with Crippen LogP contribution in [0.15, 0.2) is 12.4 Å². The normalized spacial score (nSPS) is 14.5. The van der Waals surface area contributed by atoms with Crippen LogP contribution in [0.3, 0.4) is 0 Å². The van der Waals surface area contributed by atoms with Gasteiger partial charge in [-0.1, -0.05) is 78.1 Å². The average Bonchev–Trinajstić information content (AvgIpc) is 3.03. The van der Waals surface area contributed by atoms with Crippen molar-refractivity contribution in [3.8, 4) is 0 Å². The van der Waals surface area contributed by atoms with Gasteiger partial charge < -0.3 is 0 Å². The van der Waals surface area contributed by atoms with E-state index in [1.54, 1.807) is 0 Å². The molecule has 0 N–H and O–H groups in total. The summed E-state index contributed by atoms with van der Waals surface area (Å²) in [4.78, 5) is 11.7. The van der Waals surface area contributed by atoms with Crippen molar-refractivity contribution in [3.63, 3.8) is 0 Å². The number of nitrogens with zero attached hydrogens (tertiary/aromatic N) is 3. The Kier molecular flexibility index (Phi) is 9.34. The molecule has 0 saturated heterocycles. The van der Waals surface area contributed by atoms with Gasteiger partial charge in [0.25, 0.3) is 0 Å². The van der Waals surface area contributed by atoms with Gasteiger partial charge in [-0.2, -0.15) is 0 Å². The van der Waals surface area contributed by atoms with Crippen LogP contribution in [-0.4, -0.2) is 20.9 Å². The maximum atomic E-state index is 4.53. The average molecular weight is 332 g/mol. The summed E-state index contributed by atoms with van der Waals surface area (Å²) in [7, 11) is 0. The summed E-state index contributed by atoms with van der Waals surface area (Å²) in [5.74, 6) is 0. The molecule has 0 unspecified atom stereocenters. The third-order valence-electron chi connectivity index (χ3n) is 5.36. The van der Waals surface area contributed by atoms with Gasteiger partial charge in [0.05, 0.1) is 11.4 Å². The van der Waals surface area contributed by atoms with E-state index in [0.29, 0.717) is 0 Å². The second-order valence-electron chi connectivity index (χ2n) is 7.41. The Morgan fingerprint density at radius 3 is 1.67 bits per heavy atom. The van der Waals surface area contributed by atoms with Crippen molar-refractivity contribution in [2.45, 2.75) is 110 Å². The Hall–Kier alpha value is -0.960. The van der Waals surface area contributed by atoms with Gasteiger partial charge in [-0.05, 0) is 12.8 Å². The van der Waals surface area contributed by atoms with Gasteiger partial charge in [0.2, 0.25) is 0 Å². The maximum absolute atomic E-state index is 4.53. The van der Waals surface area contributed by atoms with Crippen LogP contribution < -0.4 is 0 Å². The van der Waals surface area contributed by atoms with Gasteiger partial charge in [-0.3, -0.25) is 14.9 Å². The first-order valence-corrected chi connectivity index (χ1v) is 10.4. The van der Waals surface area contributed by atoms with E-state index in [4.69, 9.17) is 0 Å². The van der Waals surface area contributed by atoms with Crippen LogP contribution in [0.2, 0.25) is 0 Å². The Morgan fingerprint density at radius 2 is 1.21 bits per heavy atom. The lowest BCUT2D eigenvalue weighted by molar-refractivity contribution is 0.170. The first-order chi connectivity index (χ1) is 11.8. The molecular formula is C21H37N3. The molecule has 3 heteroatoms. The molecule has 1 aromatic heterocycles. The van der Waals surface area contributed by atoms with Crippen molar-refractivity contribution in [1.82, 2.24) is 14.9 Å². The number of unbranched alkanes of at least 4 members (excludes halogenated alkanes) is 8. The van der Waals surface area contributed by atoms with E-state index < -0.39 is 0 Å². The molecule has 24 heavy (non-hydrogen) atoms. The molecule has 0 fully saturated rings. The van der Waals surface area contributed by atoms with E-state index in [-0.39, 0.29) is 0 Å². The predicted octanol–water partition coefficient (Wildman–Crippen LogP) is 5.88. The Balaban J connectivity index is 1.78. The Morgan fingerprint density at radius 1 is 0.750 bits per heavy atom. The molecule has 136 valence electrons. The minimum atomic E-state index is 0.726. The summed E-state index contributed by atoms with van der Waals surface area (Å²) in [6.45, 7) is 6.61. The third-order valence-corrected chi connectivity index (χ3v) is 5.36. The monoisotopic (exact) mass is 331 g/mol. The first kappa shape index (κ1) is 19.4. The quantitative estimate of drug-likeness (QED) is 0.422. The Labute approximate surface area is 149 Å².